The molecule has 0 spiro atoms. The molecule has 3 aromatic carbocycles. The topological polar surface area (TPSA) is 39.5 Å². The maximum Gasteiger partial charge on any atom is 0.231 e. The molecule has 35 heavy (non-hydrogen) atoms. The Kier molecular flexibility index (Phi) is 7.15. The molecule has 1 aliphatic rings. The molecule has 2 heterocycles. The fourth-order valence-corrected chi connectivity index (χ4v) is 4.73. The number of unbranched alkanes of at least 4 members (excludes halogenated alkanes) is 1. The predicted octanol–water partition coefficient (Wildman–Crippen LogP) is 6.77. The molecule has 1 aromatic heterocycles. The van der Waals surface area contributed by atoms with Crippen LogP contribution in [0.5, 0.6) is 11.5 Å². The van der Waals surface area contributed by atoms with Crippen LogP contribution in [0.2, 0.25) is 0 Å². The minimum absolute atomic E-state index is 0.302. The maximum atomic E-state index is 5.63. The van der Waals surface area contributed by atoms with Crippen molar-refractivity contribution in [1.29, 1.82) is 0 Å². The van der Waals surface area contributed by atoms with E-state index < -0.39 is 0 Å². The van der Waals surface area contributed by atoms with Crippen LogP contribution in [0.1, 0.15) is 37.9 Å². The lowest BCUT2D eigenvalue weighted by Gasteiger charge is -2.24. The Morgan fingerprint density at radius 2 is 1.54 bits per heavy atom. The van der Waals surface area contributed by atoms with Crippen molar-refractivity contribution in [1.82, 2.24) is 14.5 Å². The van der Waals surface area contributed by atoms with Crippen molar-refractivity contribution in [2.45, 2.75) is 46.3 Å². The van der Waals surface area contributed by atoms with Crippen LogP contribution in [-0.4, -0.2) is 27.8 Å². The third kappa shape index (κ3) is 5.10. The quantitative estimate of drug-likeness (QED) is 0.258. The summed E-state index contributed by atoms with van der Waals surface area (Å²) >= 11 is 0. The van der Waals surface area contributed by atoms with Crippen LogP contribution >= 0.6 is 0 Å². The Labute approximate surface area is 208 Å². The van der Waals surface area contributed by atoms with E-state index in [1.54, 1.807) is 0 Å². The summed E-state index contributed by atoms with van der Waals surface area (Å²) in [6, 6.07) is 27.4. The molecule has 180 valence electrons. The number of ether oxygens (including phenoxy) is 2. The molecule has 0 aliphatic carbocycles. The van der Waals surface area contributed by atoms with Gasteiger partial charge in [-0.15, -0.1) is 0 Å². The highest BCUT2D eigenvalue weighted by Gasteiger charge is 2.22. The highest BCUT2D eigenvalue weighted by molar-refractivity contribution is 5.68. The summed E-state index contributed by atoms with van der Waals surface area (Å²) in [5, 5.41) is 0. The minimum atomic E-state index is 0.302. The zero-order chi connectivity index (χ0) is 24.0. The first-order chi connectivity index (χ1) is 17.3. The largest absolute Gasteiger partial charge is 0.454 e. The second-order valence-corrected chi connectivity index (χ2v) is 8.96. The highest BCUT2D eigenvalue weighted by atomic mass is 16.7. The number of imidazole rings is 1. The van der Waals surface area contributed by atoms with Crippen LogP contribution in [0.3, 0.4) is 0 Å². The average Bonchev–Trinajstić information content (AvgIpc) is 3.52. The Morgan fingerprint density at radius 1 is 0.829 bits per heavy atom. The van der Waals surface area contributed by atoms with E-state index in [0.717, 1.165) is 73.2 Å². The molecule has 0 saturated heterocycles. The van der Waals surface area contributed by atoms with Gasteiger partial charge in [0.1, 0.15) is 5.82 Å². The standard InChI is InChI=1S/C30H33N3O2/c1-3-5-18-32(20-23-16-17-27-28(19-23)35-22-34-27)21-26-29(24-12-8-6-9-13-24)31-30(33(26)4-2)25-14-10-7-11-15-25/h6-17,19H,3-5,18,20-22H2,1-2H3. The number of hydrogen-bond acceptors (Lipinski definition) is 4. The molecule has 0 bridgehead atoms. The van der Waals surface area contributed by atoms with Crippen LogP contribution in [0, 0.1) is 0 Å². The van der Waals surface area contributed by atoms with Gasteiger partial charge in [0.15, 0.2) is 11.5 Å². The van der Waals surface area contributed by atoms with E-state index in [9.17, 15) is 0 Å². The van der Waals surface area contributed by atoms with Crippen LogP contribution in [0.4, 0.5) is 0 Å². The summed E-state index contributed by atoms with van der Waals surface area (Å²) in [5.74, 6) is 2.70. The first-order valence-electron chi connectivity index (χ1n) is 12.6. The van der Waals surface area contributed by atoms with Crippen molar-refractivity contribution in [3.05, 3.63) is 90.1 Å². The molecular weight excluding hydrogens is 434 g/mol. The molecule has 0 saturated carbocycles. The summed E-state index contributed by atoms with van der Waals surface area (Å²) < 4.78 is 13.5. The Bertz CT molecular complexity index is 1250. The zero-order valence-electron chi connectivity index (χ0n) is 20.6. The van der Waals surface area contributed by atoms with Gasteiger partial charge in [-0.3, -0.25) is 4.90 Å². The van der Waals surface area contributed by atoms with Gasteiger partial charge in [-0.2, -0.15) is 0 Å². The first-order valence-corrected chi connectivity index (χ1v) is 12.6. The lowest BCUT2D eigenvalue weighted by atomic mass is 10.1. The van der Waals surface area contributed by atoms with Gasteiger partial charge in [0.2, 0.25) is 6.79 Å². The van der Waals surface area contributed by atoms with Gasteiger partial charge in [-0.1, -0.05) is 80.1 Å². The average molecular weight is 468 g/mol. The Hall–Kier alpha value is -3.57. The summed E-state index contributed by atoms with van der Waals surface area (Å²) in [5.41, 5.74) is 5.87. The van der Waals surface area contributed by atoms with Gasteiger partial charge in [0, 0.05) is 30.8 Å². The summed E-state index contributed by atoms with van der Waals surface area (Å²) in [6.07, 6.45) is 2.31. The van der Waals surface area contributed by atoms with Crippen molar-refractivity contribution in [3.63, 3.8) is 0 Å². The van der Waals surface area contributed by atoms with E-state index in [2.05, 4.69) is 96.1 Å². The monoisotopic (exact) mass is 467 g/mol. The molecule has 5 rings (SSSR count). The van der Waals surface area contributed by atoms with Crippen LogP contribution in [0.25, 0.3) is 22.6 Å². The smallest absolute Gasteiger partial charge is 0.231 e. The number of nitrogens with zero attached hydrogens (tertiary/aromatic N) is 3. The van der Waals surface area contributed by atoms with Gasteiger partial charge >= 0.3 is 0 Å². The minimum Gasteiger partial charge on any atom is -0.454 e. The first kappa shape index (κ1) is 23.2. The van der Waals surface area contributed by atoms with Crippen molar-refractivity contribution < 1.29 is 9.47 Å². The molecule has 4 aromatic rings. The number of aromatic nitrogens is 2. The molecule has 0 atom stereocenters. The van der Waals surface area contributed by atoms with E-state index in [1.807, 2.05) is 6.07 Å². The van der Waals surface area contributed by atoms with Gasteiger partial charge in [0.05, 0.1) is 11.4 Å². The molecular formula is C30H33N3O2. The fourth-order valence-electron chi connectivity index (χ4n) is 4.73. The molecule has 1 aliphatic heterocycles. The van der Waals surface area contributed by atoms with Crippen LogP contribution in [-0.2, 0) is 19.6 Å². The maximum absolute atomic E-state index is 5.63. The van der Waals surface area contributed by atoms with Crippen LogP contribution < -0.4 is 9.47 Å². The molecule has 0 amide bonds. The van der Waals surface area contributed by atoms with Crippen molar-refractivity contribution in [2.24, 2.45) is 0 Å². The fraction of sp³-hybridized carbons (Fsp3) is 0.300. The van der Waals surface area contributed by atoms with Crippen molar-refractivity contribution >= 4 is 0 Å². The van der Waals surface area contributed by atoms with E-state index >= 15 is 0 Å². The predicted molar refractivity (Wildman–Crippen MR) is 140 cm³/mol. The Morgan fingerprint density at radius 3 is 2.26 bits per heavy atom. The van der Waals surface area contributed by atoms with Crippen molar-refractivity contribution in [2.75, 3.05) is 13.3 Å². The second kappa shape index (κ2) is 10.8. The molecule has 0 N–H and O–H groups in total. The van der Waals surface area contributed by atoms with Gasteiger partial charge < -0.3 is 14.0 Å². The number of rotatable bonds is 10. The van der Waals surface area contributed by atoms with Crippen LogP contribution in [0.15, 0.2) is 78.9 Å². The highest BCUT2D eigenvalue weighted by Crippen LogP contribution is 2.34. The molecule has 0 fully saturated rings. The molecule has 5 nitrogen and oxygen atoms in total. The lowest BCUT2D eigenvalue weighted by Crippen LogP contribution is -2.26. The third-order valence-electron chi connectivity index (χ3n) is 6.51. The number of fused-ring (bicyclic) bond motifs is 1. The lowest BCUT2D eigenvalue weighted by molar-refractivity contribution is 0.174. The molecule has 5 heteroatoms. The van der Waals surface area contributed by atoms with E-state index in [4.69, 9.17) is 14.5 Å². The van der Waals surface area contributed by atoms with E-state index in [0.29, 0.717) is 6.79 Å². The molecule has 0 radical (unpaired) electrons. The van der Waals surface area contributed by atoms with Crippen molar-refractivity contribution in [3.8, 4) is 34.1 Å². The zero-order valence-corrected chi connectivity index (χ0v) is 20.6. The normalized spacial score (nSPS) is 12.4. The third-order valence-corrected chi connectivity index (χ3v) is 6.51. The SMILES string of the molecule is CCCCN(Cc1ccc2c(c1)OCO2)Cc1c(-c2ccccc2)nc(-c2ccccc2)n1CC. The Balaban J connectivity index is 1.53. The van der Waals surface area contributed by atoms with Gasteiger partial charge in [-0.25, -0.2) is 4.98 Å². The summed E-state index contributed by atoms with van der Waals surface area (Å²) in [4.78, 5) is 7.74. The van der Waals surface area contributed by atoms with E-state index in [1.165, 1.54) is 11.3 Å². The van der Waals surface area contributed by atoms with Gasteiger partial charge in [0.25, 0.3) is 0 Å². The van der Waals surface area contributed by atoms with E-state index in [-0.39, 0.29) is 0 Å². The number of benzene rings is 3. The summed E-state index contributed by atoms with van der Waals surface area (Å²) in [7, 11) is 0. The number of hydrogen-bond donors (Lipinski definition) is 0. The summed E-state index contributed by atoms with van der Waals surface area (Å²) in [6.45, 7) is 8.32. The van der Waals surface area contributed by atoms with Gasteiger partial charge in [-0.05, 0) is 37.6 Å². The second-order valence-electron chi connectivity index (χ2n) is 8.96. The molecule has 0 unspecified atom stereocenters.